The number of aromatic amines is 1. The van der Waals surface area contributed by atoms with Crippen molar-refractivity contribution < 1.29 is 18.4 Å². The highest BCUT2D eigenvalue weighted by atomic mass is 19.3. The minimum Gasteiger partial charge on any atom is -0.351 e. The zero-order valence-electron chi connectivity index (χ0n) is 14.2. The van der Waals surface area contributed by atoms with Crippen molar-refractivity contribution in [2.45, 2.75) is 18.4 Å². The zero-order chi connectivity index (χ0) is 18.3. The molecule has 26 heavy (non-hydrogen) atoms. The maximum atomic E-state index is 13.3. The van der Waals surface area contributed by atoms with Crippen molar-refractivity contribution in [1.29, 1.82) is 0 Å². The summed E-state index contributed by atoms with van der Waals surface area (Å²) in [5.41, 5.74) is 1.42. The summed E-state index contributed by atoms with van der Waals surface area (Å²) in [4.78, 5) is 31.4. The van der Waals surface area contributed by atoms with Crippen LogP contribution in [0.5, 0.6) is 0 Å². The van der Waals surface area contributed by atoms with Gasteiger partial charge in [-0.05, 0) is 12.1 Å². The van der Waals surface area contributed by atoms with Gasteiger partial charge in [-0.1, -0.05) is 18.2 Å². The van der Waals surface area contributed by atoms with Crippen molar-refractivity contribution in [3.05, 3.63) is 36.0 Å². The predicted molar refractivity (Wildman–Crippen MR) is 92.1 cm³/mol. The Hall–Kier alpha value is -2.48. The molecule has 2 saturated heterocycles. The third-order valence-corrected chi connectivity index (χ3v) is 5.05. The van der Waals surface area contributed by atoms with Crippen molar-refractivity contribution in [3.63, 3.8) is 0 Å². The topological polar surface area (TPSA) is 68.4 Å². The molecular weight excluding hydrogens is 342 g/mol. The Morgan fingerprint density at radius 2 is 1.77 bits per heavy atom. The quantitative estimate of drug-likeness (QED) is 0.850. The lowest BCUT2D eigenvalue weighted by atomic mass is 10.1. The SMILES string of the molecule is O=C(c1cc2ccccc2[nH]1)N1CCN(C(=O)C2CC(F)(F)CN2)CC1. The summed E-state index contributed by atoms with van der Waals surface area (Å²) in [6.07, 6.45) is -0.458. The number of alkyl halides is 2. The molecule has 138 valence electrons. The van der Waals surface area contributed by atoms with Crippen molar-refractivity contribution in [2.24, 2.45) is 0 Å². The van der Waals surface area contributed by atoms with Gasteiger partial charge in [-0.3, -0.25) is 14.9 Å². The molecule has 1 atom stereocenters. The highest BCUT2D eigenvalue weighted by molar-refractivity contribution is 5.98. The van der Waals surface area contributed by atoms with Crippen LogP contribution in [0.15, 0.2) is 30.3 Å². The van der Waals surface area contributed by atoms with Gasteiger partial charge in [0.05, 0.1) is 12.6 Å². The largest absolute Gasteiger partial charge is 0.351 e. The number of carbonyl (C=O) groups is 2. The number of amides is 2. The minimum absolute atomic E-state index is 0.112. The van der Waals surface area contributed by atoms with Gasteiger partial charge in [0, 0.05) is 43.5 Å². The molecule has 0 aliphatic carbocycles. The third kappa shape index (κ3) is 3.16. The molecule has 8 heteroatoms. The molecule has 3 heterocycles. The molecule has 1 unspecified atom stereocenters. The lowest BCUT2D eigenvalue weighted by Crippen LogP contribution is -2.54. The number of hydrogen-bond donors (Lipinski definition) is 2. The van der Waals surface area contributed by atoms with Gasteiger partial charge >= 0.3 is 0 Å². The first-order valence-corrected chi connectivity index (χ1v) is 8.70. The summed E-state index contributed by atoms with van der Waals surface area (Å²) in [6, 6.07) is 8.64. The van der Waals surface area contributed by atoms with Crippen LogP contribution in [0.3, 0.4) is 0 Å². The number of carbonyl (C=O) groups excluding carboxylic acids is 2. The Morgan fingerprint density at radius 1 is 1.08 bits per heavy atom. The minimum atomic E-state index is -2.83. The number of halogens is 2. The first kappa shape index (κ1) is 17.0. The molecule has 0 spiro atoms. The summed E-state index contributed by atoms with van der Waals surface area (Å²) >= 11 is 0. The van der Waals surface area contributed by atoms with Crippen molar-refractivity contribution in [3.8, 4) is 0 Å². The molecule has 2 amide bonds. The number of benzene rings is 1. The number of rotatable bonds is 2. The highest BCUT2D eigenvalue weighted by Crippen LogP contribution is 2.26. The van der Waals surface area contributed by atoms with E-state index in [4.69, 9.17) is 0 Å². The monoisotopic (exact) mass is 362 g/mol. The normalized spacial score (nSPS) is 22.8. The van der Waals surface area contributed by atoms with Crippen molar-refractivity contribution in [2.75, 3.05) is 32.7 Å². The maximum Gasteiger partial charge on any atom is 0.270 e. The lowest BCUT2D eigenvalue weighted by Gasteiger charge is -2.35. The van der Waals surface area contributed by atoms with Gasteiger partial charge in [0.2, 0.25) is 5.91 Å². The van der Waals surface area contributed by atoms with Crippen molar-refractivity contribution >= 4 is 22.7 Å². The number of piperazine rings is 1. The number of aromatic nitrogens is 1. The molecule has 2 aromatic rings. The lowest BCUT2D eigenvalue weighted by molar-refractivity contribution is -0.135. The average molecular weight is 362 g/mol. The van der Waals surface area contributed by atoms with Crippen LogP contribution in [0.1, 0.15) is 16.9 Å². The molecule has 2 N–H and O–H groups in total. The van der Waals surface area contributed by atoms with Gasteiger partial charge in [0.1, 0.15) is 5.69 Å². The Morgan fingerprint density at radius 3 is 2.42 bits per heavy atom. The van der Waals surface area contributed by atoms with Crippen LogP contribution >= 0.6 is 0 Å². The van der Waals surface area contributed by atoms with E-state index in [9.17, 15) is 18.4 Å². The smallest absolute Gasteiger partial charge is 0.270 e. The number of hydrogen-bond acceptors (Lipinski definition) is 3. The van der Waals surface area contributed by atoms with Gasteiger partial charge in [-0.25, -0.2) is 8.78 Å². The molecule has 0 radical (unpaired) electrons. The van der Waals surface area contributed by atoms with Crippen molar-refractivity contribution in [1.82, 2.24) is 20.1 Å². The Labute approximate surface area is 149 Å². The summed E-state index contributed by atoms with van der Waals surface area (Å²) in [5.74, 6) is -3.24. The maximum absolute atomic E-state index is 13.3. The Balaban J connectivity index is 1.37. The number of nitrogens with zero attached hydrogens (tertiary/aromatic N) is 2. The second-order valence-corrected chi connectivity index (χ2v) is 6.88. The fourth-order valence-corrected chi connectivity index (χ4v) is 3.60. The predicted octanol–water partition coefficient (Wildman–Crippen LogP) is 1.45. The Bertz CT molecular complexity index is 810. The standard InChI is InChI=1S/C18H20F2N4O2/c19-18(20)10-15(21-11-18)17(26)24-7-5-23(6-8-24)16(25)14-9-12-3-1-2-4-13(12)22-14/h1-4,9,15,21-22H,5-8,10-11H2. The Kier molecular flexibility index (Phi) is 4.14. The van der Waals surface area contributed by atoms with Crippen LogP contribution in [-0.2, 0) is 4.79 Å². The highest BCUT2D eigenvalue weighted by Gasteiger charge is 2.44. The van der Waals surface area contributed by atoms with E-state index < -0.39 is 24.9 Å². The van der Waals surface area contributed by atoms with E-state index in [1.807, 2.05) is 30.3 Å². The van der Waals surface area contributed by atoms with Crippen LogP contribution in [0.2, 0.25) is 0 Å². The number of H-pyrrole nitrogens is 1. The van der Waals surface area contributed by atoms with Gasteiger partial charge in [-0.15, -0.1) is 0 Å². The molecule has 0 saturated carbocycles. The molecule has 4 rings (SSSR count). The van der Waals surface area contributed by atoms with Crippen LogP contribution in [-0.4, -0.2) is 71.3 Å². The first-order valence-electron chi connectivity index (χ1n) is 8.70. The van der Waals surface area contributed by atoms with E-state index >= 15 is 0 Å². The summed E-state index contributed by atoms with van der Waals surface area (Å²) < 4.78 is 26.6. The van der Waals surface area contributed by atoms with Gasteiger partial charge < -0.3 is 14.8 Å². The van der Waals surface area contributed by atoms with Gasteiger partial charge in [0.15, 0.2) is 0 Å². The molecule has 1 aromatic heterocycles. The molecule has 6 nitrogen and oxygen atoms in total. The van der Waals surface area contributed by atoms with Crippen LogP contribution in [0, 0.1) is 0 Å². The van der Waals surface area contributed by atoms with Gasteiger partial charge in [-0.2, -0.15) is 0 Å². The van der Waals surface area contributed by atoms with E-state index in [2.05, 4.69) is 10.3 Å². The summed E-state index contributed by atoms with van der Waals surface area (Å²) in [5, 5.41) is 3.56. The molecule has 0 bridgehead atoms. The third-order valence-electron chi connectivity index (χ3n) is 5.05. The zero-order valence-corrected chi connectivity index (χ0v) is 14.2. The van der Waals surface area contributed by atoms with Crippen LogP contribution in [0.4, 0.5) is 8.78 Å². The molecule has 2 fully saturated rings. The molecular formula is C18H20F2N4O2. The number of nitrogens with one attached hydrogen (secondary N) is 2. The van der Waals surface area contributed by atoms with Gasteiger partial charge in [0.25, 0.3) is 11.8 Å². The summed E-state index contributed by atoms with van der Waals surface area (Å²) in [6.45, 7) is 1.04. The van der Waals surface area contributed by atoms with Crippen LogP contribution < -0.4 is 5.32 Å². The van der Waals surface area contributed by atoms with E-state index in [0.717, 1.165) is 10.9 Å². The molecule has 2 aliphatic heterocycles. The fraction of sp³-hybridized carbons (Fsp3) is 0.444. The van der Waals surface area contributed by atoms with E-state index in [-0.39, 0.29) is 11.8 Å². The number of para-hydroxylation sites is 1. The molecule has 2 aliphatic rings. The van der Waals surface area contributed by atoms with E-state index in [1.54, 1.807) is 9.80 Å². The van der Waals surface area contributed by atoms with E-state index in [0.29, 0.717) is 31.9 Å². The number of fused-ring (bicyclic) bond motifs is 1. The average Bonchev–Trinajstić information content (AvgIpc) is 3.23. The first-order chi connectivity index (χ1) is 12.4. The van der Waals surface area contributed by atoms with Crippen LogP contribution in [0.25, 0.3) is 10.9 Å². The second kappa shape index (κ2) is 6.35. The fourth-order valence-electron chi connectivity index (χ4n) is 3.60. The molecule has 1 aromatic carbocycles. The van der Waals surface area contributed by atoms with E-state index in [1.165, 1.54) is 0 Å². The summed E-state index contributed by atoms with van der Waals surface area (Å²) in [7, 11) is 0. The second-order valence-electron chi connectivity index (χ2n) is 6.88.